The fourth-order valence-electron chi connectivity index (χ4n) is 2.10. The third-order valence-corrected chi connectivity index (χ3v) is 3.09. The molecule has 8 heteroatoms. The summed E-state index contributed by atoms with van der Waals surface area (Å²) in [7, 11) is 0. The zero-order valence-corrected chi connectivity index (χ0v) is 11.2. The van der Waals surface area contributed by atoms with Crippen molar-refractivity contribution in [1.29, 1.82) is 0 Å². The molecule has 0 spiro atoms. The van der Waals surface area contributed by atoms with Gasteiger partial charge in [0.1, 0.15) is 12.1 Å². The number of halogens is 1. The van der Waals surface area contributed by atoms with Crippen LogP contribution in [0.15, 0.2) is 47.5 Å². The molecule has 3 heterocycles. The minimum Gasteiger partial charge on any atom is -0.339 e. The Bertz CT molecular complexity index is 947. The van der Waals surface area contributed by atoms with Crippen LogP contribution in [0.1, 0.15) is 11.5 Å². The molecule has 0 aliphatic heterocycles. The molecule has 0 aliphatic carbocycles. The molecule has 0 atom stereocenters. The molecule has 7 nitrogen and oxygen atoms in total. The maximum atomic E-state index is 13.2. The van der Waals surface area contributed by atoms with Crippen LogP contribution in [-0.4, -0.2) is 29.7 Å². The first kappa shape index (κ1) is 12.6. The highest BCUT2D eigenvalue weighted by atomic mass is 19.1. The molecule has 4 aromatic rings. The summed E-state index contributed by atoms with van der Waals surface area (Å²) in [5.74, 6) is 0.948. The van der Waals surface area contributed by atoms with E-state index in [2.05, 4.69) is 25.2 Å². The summed E-state index contributed by atoms with van der Waals surface area (Å²) < 4.78 is 20.0. The lowest BCUT2D eigenvalue weighted by molar-refractivity contribution is 0.385. The smallest absolute Gasteiger partial charge is 0.252 e. The van der Waals surface area contributed by atoms with Gasteiger partial charge in [0.2, 0.25) is 11.7 Å². The van der Waals surface area contributed by atoms with Crippen molar-refractivity contribution in [2.24, 2.45) is 0 Å². The summed E-state index contributed by atoms with van der Waals surface area (Å²) in [6.45, 7) is 0. The quantitative estimate of drug-likeness (QED) is 0.574. The van der Waals surface area contributed by atoms with E-state index in [-0.39, 0.29) is 5.82 Å². The van der Waals surface area contributed by atoms with E-state index in [0.29, 0.717) is 29.5 Å². The van der Waals surface area contributed by atoms with E-state index in [1.165, 1.54) is 18.5 Å². The Morgan fingerprint density at radius 1 is 1.23 bits per heavy atom. The normalized spacial score (nSPS) is 11.1. The third-order valence-electron chi connectivity index (χ3n) is 3.09. The van der Waals surface area contributed by atoms with E-state index >= 15 is 0 Å². The first-order valence-corrected chi connectivity index (χ1v) is 6.51. The van der Waals surface area contributed by atoms with Gasteiger partial charge in [0.15, 0.2) is 0 Å². The molecular weight excluding hydrogens is 287 g/mol. The minimum atomic E-state index is -0.343. The van der Waals surface area contributed by atoms with Gasteiger partial charge in [0.05, 0.1) is 6.42 Å². The van der Waals surface area contributed by atoms with E-state index in [4.69, 9.17) is 4.52 Å². The van der Waals surface area contributed by atoms with Crippen LogP contribution in [0.2, 0.25) is 0 Å². The minimum absolute atomic E-state index is 0.343. The second-order valence-corrected chi connectivity index (χ2v) is 4.67. The number of nitrogens with zero attached hydrogens (tertiary/aromatic N) is 6. The molecule has 0 amide bonds. The highest BCUT2D eigenvalue weighted by molar-refractivity contribution is 5.53. The zero-order chi connectivity index (χ0) is 14.9. The number of aromatic nitrogens is 6. The Kier molecular flexibility index (Phi) is 2.85. The molecule has 0 fully saturated rings. The van der Waals surface area contributed by atoms with E-state index in [1.54, 1.807) is 29.0 Å². The van der Waals surface area contributed by atoms with Crippen molar-refractivity contribution in [2.45, 2.75) is 6.42 Å². The Hall–Kier alpha value is -3.16. The van der Waals surface area contributed by atoms with Crippen LogP contribution in [0, 0.1) is 5.82 Å². The molecule has 22 heavy (non-hydrogen) atoms. The SMILES string of the molecule is Fc1cccc(-c2noc(Cc3cnc4ncnn4c3)n2)c1. The molecule has 0 radical (unpaired) electrons. The van der Waals surface area contributed by atoms with Crippen LogP contribution in [0.3, 0.4) is 0 Å². The lowest BCUT2D eigenvalue weighted by Gasteiger charge is -1.96. The van der Waals surface area contributed by atoms with Crippen molar-refractivity contribution < 1.29 is 8.91 Å². The first-order chi connectivity index (χ1) is 10.8. The van der Waals surface area contributed by atoms with Crippen molar-refractivity contribution >= 4 is 5.78 Å². The van der Waals surface area contributed by atoms with Gasteiger partial charge in [-0.05, 0) is 17.7 Å². The van der Waals surface area contributed by atoms with Crippen molar-refractivity contribution in [3.05, 3.63) is 60.3 Å². The molecule has 0 N–H and O–H groups in total. The second kappa shape index (κ2) is 4.99. The molecule has 0 unspecified atom stereocenters. The Labute approximate surface area is 123 Å². The molecular formula is C14H9FN6O. The molecule has 1 aromatic carbocycles. The van der Waals surface area contributed by atoms with Gasteiger partial charge in [-0.1, -0.05) is 17.3 Å². The second-order valence-electron chi connectivity index (χ2n) is 4.67. The van der Waals surface area contributed by atoms with Crippen LogP contribution in [0.4, 0.5) is 4.39 Å². The number of rotatable bonds is 3. The predicted octanol–water partition coefficient (Wildman–Crippen LogP) is 1.90. The van der Waals surface area contributed by atoms with E-state index in [0.717, 1.165) is 5.56 Å². The fraction of sp³-hybridized carbons (Fsp3) is 0.0714. The van der Waals surface area contributed by atoms with Crippen LogP contribution < -0.4 is 0 Å². The van der Waals surface area contributed by atoms with Crippen molar-refractivity contribution in [1.82, 2.24) is 29.7 Å². The maximum absolute atomic E-state index is 13.2. The summed E-state index contributed by atoms with van der Waals surface area (Å²) in [6.07, 6.45) is 5.31. The third kappa shape index (κ3) is 2.30. The molecule has 108 valence electrons. The van der Waals surface area contributed by atoms with Gasteiger partial charge in [0.25, 0.3) is 5.78 Å². The van der Waals surface area contributed by atoms with Crippen LogP contribution >= 0.6 is 0 Å². The lowest BCUT2D eigenvalue weighted by atomic mass is 10.2. The Balaban J connectivity index is 1.61. The van der Waals surface area contributed by atoms with Gasteiger partial charge in [-0.3, -0.25) is 0 Å². The van der Waals surface area contributed by atoms with Gasteiger partial charge in [-0.2, -0.15) is 15.1 Å². The summed E-state index contributed by atoms with van der Waals surface area (Å²) >= 11 is 0. The van der Waals surface area contributed by atoms with Gasteiger partial charge >= 0.3 is 0 Å². The lowest BCUT2D eigenvalue weighted by Crippen LogP contribution is -1.96. The fourth-order valence-corrected chi connectivity index (χ4v) is 2.10. The molecule has 0 saturated heterocycles. The van der Waals surface area contributed by atoms with E-state index < -0.39 is 0 Å². The number of benzene rings is 1. The molecule has 0 bridgehead atoms. The van der Waals surface area contributed by atoms with Crippen molar-refractivity contribution in [3.8, 4) is 11.4 Å². The highest BCUT2D eigenvalue weighted by Gasteiger charge is 2.11. The predicted molar refractivity (Wildman–Crippen MR) is 73.3 cm³/mol. The van der Waals surface area contributed by atoms with Gasteiger partial charge in [0, 0.05) is 18.0 Å². The summed E-state index contributed by atoms with van der Waals surface area (Å²) in [4.78, 5) is 12.4. The maximum Gasteiger partial charge on any atom is 0.252 e. The average molecular weight is 296 g/mol. The standard InChI is InChI=1S/C14H9FN6O/c15-11-3-1-2-10(5-11)13-19-12(22-20-13)4-9-6-16-14-17-8-18-21(14)7-9/h1-3,5-8H,4H2. The van der Waals surface area contributed by atoms with Crippen molar-refractivity contribution in [2.75, 3.05) is 0 Å². The number of hydrogen-bond acceptors (Lipinski definition) is 6. The average Bonchev–Trinajstić information content (AvgIpc) is 3.16. The number of fused-ring (bicyclic) bond motifs is 1. The summed E-state index contributed by atoms with van der Waals surface area (Å²) in [5, 5.41) is 7.89. The largest absolute Gasteiger partial charge is 0.339 e. The molecule has 4 rings (SSSR count). The topological polar surface area (TPSA) is 82.0 Å². The highest BCUT2D eigenvalue weighted by Crippen LogP contribution is 2.17. The summed E-state index contributed by atoms with van der Waals surface area (Å²) in [6, 6.07) is 6.05. The van der Waals surface area contributed by atoms with Gasteiger partial charge < -0.3 is 4.52 Å². The monoisotopic (exact) mass is 296 g/mol. The summed E-state index contributed by atoms with van der Waals surface area (Å²) in [5.41, 5.74) is 1.42. The van der Waals surface area contributed by atoms with E-state index in [9.17, 15) is 4.39 Å². The first-order valence-electron chi connectivity index (χ1n) is 6.51. The Morgan fingerprint density at radius 2 is 2.18 bits per heavy atom. The van der Waals surface area contributed by atoms with Crippen LogP contribution in [-0.2, 0) is 6.42 Å². The zero-order valence-electron chi connectivity index (χ0n) is 11.2. The Morgan fingerprint density at radius 3 is 3.09 bits per heavy atom. The molecule has 0 aliphatic rings. The van der Waals surface area contributed by atoms with Crippen LogP contribution in [0.25, 0.3) is 17.2 Å². The van der Waals surface area contributed by atoms with Crippen molar-refractivity contribution in [3.63, 3.8) is 0 Å². The van der Waals surface area contributed by atoms with Gasteiger partial charge in [-0.15, -0.1) is 0 Å². The molecule has 3 aromatic heterocycles. The van der Waals surface area contributed by atoms with Gasteiger partial charge in [-0.25, -0.2) is 13.9 Å². The number of hydrogen-bond donors (Lipinski definition) is 0. The van der Waals surface area contributed by atoms with Crippen LogP contribution in [0.5, 0.6) is 0 Å². The molecule has 0 saturated carbocycles. The van der Waals surface area contributed by atoms with E-state index in [1.807, 2.05) is 0 Å².